The third kappa shape index (κ3) is 3.65. The van der Waals surface area contributed by atoms with Crippen molar-refractivity contribution in [2.45, 2.75) is 22.1 Å². The Morgan fingerprint density at radius 2 is 2.00 bits per heavy atom. The van der Waals surface area contributed by atoms with Crippen molar-refractivity contribution >= 4 is 46.3 Å². The molecule has 118 valence electrons. The van der Waals surface area contributed by atoms with Crippen LogP contribution in [0.2, 0.25) is 0 Å². The number of hydrogen-bond acceptors (Lipinski definition) is 6. The van der Waals surface area contributed by atoms with Crippen molar-refractivity contribution in [1.82, 2.24) is 19.9 Å². The molecule has 0 spiro atoms. The zero-order valence-corrected chi connectivity index (χ0v) is 14.2. The molecule has 2 aromatic heterocycles. The molecule has 0 saturated heterocycles. The number of benzene rings is 1. The van der Waals surface area contributed by atoms with Gasteiger partial charge in [-0.25, -0.2) is 15.0 Å². The highest BCUT2D eigenvalue weighted by molar-refractivity contribution is 8.00. The van der Waals surface area contributed by atoms with Crippen LogP contribution in [0.4, 0.5) is 5.69 Å². The average Bonchev–Trinajstić information content (AvgIpc) is 3.05. The van der Waals surface area contributed by atoms with Crippen molar-refractivity contribution in [2.24, 2.45) is 0 Å². The number of H-pyrrole nitrogens is 1. The van der Waals surface area contributed by atoms with Gasteiger partial charge in [0, 0.05) is 10.6 Å². The number of thioether (sulfide) groups is 2. The standard InChI is InChI=1S/C15H15N5OS2/c1-9(14(21)20-10-3-5-11(22-2)6-4-10)23-15-12-13(17-7-16-12)18-8-19-15/h3-9H,1-2H3,(H,20,21)(H,16,17,18,19)/t9-/m0/s1. The molecule has 0 unspecified atom stereocenters. The molecule has 6 nitrogen and oxygen atoms in total. The molecular formula is C15H15N5OS2. The molecule has 0 aliphatic carbocycles. The molecule has 0 saturated carbocycles. The summed E-state index contributed by atoms with van der Waals surface area (Å²) in [5.41, 5.74) is 2.14. The van der Waals surface area contributed by atoms with Gasteiger partial charge < -0.3 is 10.3 Å². The van der Waals surface area contributed by atoms with E-state index in [2.05, 4.69) is 25.3 Å². The number of nitrogens with zero attached hydrogens (tertiary/aromatic N) is 3. The minimum atomic E-state index is -0.295. The molecule has 1 aromatic carbocycles. The topological polar surface area (TPSA) is 83.6 Å². The second-order valence-electron chi connectivity index (χ2n) is 4.76. The summed E-state index contributed by atoms with van der Waals surface area (Å²) in [6, 6.07) is 7.77. The number of fused-ring (bicyclic) bond motifs is 1. The lowest BCUT2D eigenvalue weighted by Gasteiger charge is -2.12. The van der Waals surface area contributed by atoms with Crippen molar-refractivity contribution < 1.29 is 4.79 Å². The fourth-order valence-electron chi connectivity index (χ4n) is 1.97. The van der Waals surface area contributed by atoms with Gasteiger partial charge in [-0.05, 0) is 37.4 Å². The van der Waals surface area contributed by atoms with E-state index < -0.39 is 0 Å². The molecule has 2 N–H and O–H groups in total. The van der Waals surface area contributed by atoms with E-state index in [-0.39, 0.29) is 11.2 Å². The smallest absolute Gasteiger partial charge is 0.237 e. The first-order valence-electron chi connectivity index (χ1n) is 6.93. The van der Waals surface area contributed by atoms with Crippen molar-refractivity contribution in [2.75, 3.05) is 11.6 Å². The van der Waals surface area contributed by atoms with Gasteiger partial charge in [-0.2, -0.15) is 0 Å². The number of aromatic nitrogens is 4. The minimum absolute atomic E-state index is 0.0711. The largest absolute Gasteiger partial charge is 0.341 e. The van der Waals surface area contributed by atoms with E-state index in [0.29, 0.717) is 10.7 Å². The number of hydrogen-bond donors (Lipinski definition) is 2. The van der Waals surface area contributed by atoms with Gasteiger partial charge in [0.1, 0.15) is 16.9 Å². The van der Waals surface area contributed by atoms with Crippen LogP contribution in [0.15, 0.2) is 46.8 Å². The molecule has 0 aliphatic heterocycles. The summed E-state index contributed by atoms with van der Waals surface area (Å²) in [7, 11) is 0. The zero-order chi connectivity index (χ0) is 16.2. The van der Waals surface area contributed by atoms with Crippen LogP contribution in [0.25, 0.3) is 11.2 Å². The summed E-state index contributed by atoms with van der Waals surface area (Å²) >= 11 is 3.04. The van der Waals surface area contributed by atoms with Crippen LogP contribution >= 0.6 is 23.5 Å². The van der Waals surface area contributed by atoms with E-state index in [1.807, 2.05) is 37.4 Å². The van der Waals surface area contributed by atoms with Gasteiger partial charge in [0.25, 0.3) is 0 Å². The number of carbonyl (C=O) groups is 1. The molecule has 3 rings (SSSR count). The number of anilines is 1. The summed E-state index contributed by atoms with van der Waals surface area (Å²) in [6.45, 7) is 1.85. The highest BCUT2D eigenvalue weighted by Crippen LogP contribution is 2.27. The molecule has 0 radical (unpaired) electrons. The molecule has 0 fully saturated rings. The van der Waals surface area contributed by atoms with E-state index in [9.17, 15) is 4.79 Å². The Labute approximate surface area is 141 Å². The predicted molar refractivity (Wildman–Crippen MR) is 93.9 cm³/mol. The molecule has 0 aliphatic rings. The number of carbonyl (C=O) groups excluding carboxylic acids is 1. The average molecular weight is 345 g/mol. The third-order valence-corrected chi connectivity index (χ3v) is 5.05. The summed E-state index contributed by atoms with van der Waals surface area (Å²) in [5.74, 6) is -0.0711. The molecular weight excluding hydrogens is 330 g/mol. The number of aromatic amines is 1. The van der Waals surface area contributed by atoms with Crippen molar-refractivity contribution in [3.8, 4) is 0 Å². The van der Waals surface area contributed by atoms with Gasteiger partial charge >= 0.3 is 0 Å². The van der Waals surface area contributed by atoms with Gasteiger partial charge in [0.2, 0.25) is 5.91 Å². The van der Waals surface area contributed by atoms with Gasteiger partial charge in [-0.3, -0.25) is 4.79 Å². The van der Waals surface area contributed by atoms with Crippen LogP contribution in [-0.4, -0.2) is 37.3 Å². The van der Waals surface area contributed by atoms with Crippen LogP contribution in [0.3, 0.4) is 0 Å². The second-order valence-corrected chi connectivity index (χ2v) is 6.97. The summed E-state index contributed by atoms with van der Waals surface area (Å²) in [4.78, 5) is 28.9. The Morgan fingerprint density at radius 1 is 1.22 bits per heavy atom. The normalized spacial score (nSPS) is 12.3. The fraction of sp³-hybridized carbons (Fsp3) is 0.200. The van der Waals surface area contributed by atoms with Gasteiger partial charge in [-0.15, -0.1) is 11.8 Å². The molecule has 1 atom stereocenters. The monoisotopic (exact) mass is 345 g/mol. The molecule has 1 amide bonds. The van der Waals surface area contributed by atoms with E-state index in [4.69, 9.17) is 0 Å². The Morgan fingerprint density at radius 3 is 2.74 bits per heavy atom. The SMILES string of the molecule is CSc1ccc(NC(=O)[C@H](C)Sc2ncnc3nc[nH]c23)cc1. The second kappa shape index (κ2) is 7.01. The highest BCUT2D eigenvalue weighted by Gasteiger charge is 2.17. The number of amides is 1. The lowest BCUT2D eigenvalue weighted by Crippen LogP contribution is -2.22. The maximum absolute atomic E-state index is 12.3. The molecule has 23 heavy (non-hydrogen) atoms. The Balaban J connectivity index is 1.68. The fourth-order valence-corrected chi connectivity index (χ4v) is 3.26. The van der Waals surface area contributed by atoms with Crippen molar-refractivity contribution in [3.05, 3.63) is 36.9 Å². The van der Waals surface area contributed by atoms with Crippen molar-refractivity contribution in [3.63, 3.8) is 0 Å². The molecule has 8 heteroatoms. The van der Waals surface area contributed by atoms with Crippen LogP contribution < -0.4 is 5.32 Å². The van der Waals surface area contributed by atoms with Crippen LogP contribution in [-0.2, 0) is 4.79 Å². The van der Waals surface area contributed by atoms with Gasteiger partial charge in [0.05, 0.1) is 11.6 Å². The van der Waals surface area contributed by atoms with E-state index in [1.165, 1.54) is 18.1 Å². The summed E-state index contributed by atoms with van der Waals surface area (Å²) < 4.78 is 0. The summed E-state index contributed by atoms with van der Waals surface area (Å²) in [5, 5.41) is 3.34. The first kappa shape index (κ1) is 15.8. The first-order valence-corrected chi connectivity index (χ1v) is 9.03. The van der Waals surface area contributed by atoms with Crippen molar-refractivity contribution in [1.29, 1.82) is 0 Å². The Kier molecular flexibility index (Phi) is 4.82. The quantitative estimate of drug-likeness (QED) is 0.546. The maximum atomic E-state index is 12.3. The van der Waals surface area contributed by atoms with E-state index >= 15 is 0 Å². The Bertz CT molecular complexity index is 818. The first-order chi connectivity index (χ1) is 11.2. The summed E-state index contributed by atoms with van der Waals surface area (Å²) in [6.07, 6.45) is 5.04. The zero-order valence-electron chi connectivity index (χ0n) is 12.6. The molecule has 3 aromatic rings. The minimum Gasteiger partial charge on any atom is -0.341 e. The predicted octanol–water partition coefficient (Wildman–Crippen LogP) is 3.19. The lowest BCUT2D eigenvalue weighted by molar-refractivity contribution is -0.115. The molecule has 0 bridgehead atoms. The van der Waals surface area contributed by atoms with Gasteiger partial charge in [-0.1, -0.05) is 11.8 Å². The Hall–Kier alpha value is -2.06. The number of imidazole rings is 1. The lowest BCUT2D eigenvalue weighted by atomic mass is 10.3. The van der Waals surface area contributed by atoms with Crippen LogP contribution in [0.5, 0.6) is 0 Å². The van der Waals surface area contributed by atoms with E-state index in [1.54, 1.807) is 18.1 Å². The van der Waals surface area contributed by atoms with E-state index in [0.717, 1.165) is 16.1 Å². The van der Waals surface area contributed by atoms with Crippen LogP contribution in [0, 0.1) is 0 Å². The third-order valence-electron chi connectivity index (χ3n) is 3.20. The number of rotatable bonds is 5. The van der Waals surface area contributed by atoms with Crippen LogP contribution in [0.1, 0.15) is 6.92 Å². The number of nitrogens with one attached hydrogen (secondary N) is 2. The highest BCUT2D eigenvalue weighted by atomic mass is 32.2. The maximum Gasteiger partial charge on any atom is 0.237 e. The molecule has 2 heterocycles. The van der Waals surface area contributed by atoms with Gasteiger partial charge in [0.15, 0.2) is 5.65 Å².